The molecule has 0 saturated carbocycles. The summed E-state index contributed by atoms with van der Waals surface area (Å²) < 4.78 is 11.3. The number of methoxy groups -OCH3 is 1. The van der Waals surface area contributed by atoms with Gasteiger partial charge in [0.2, 0.25) is 0 Å². The van der Waals surface area contributed by atoms with Crippen LogP contribution in [0.15, 0.2) is 24.3 Å². The van der Waals surface area contributed by atoms with Crippen molar-refractivity contribution in [3.63, 3.8) is 0 Å². The van der Waals surface area contributed by atoms with Gasteiger partial charge >= 0.3 is 0 Å². The molecule has 0 amide bonds. The number of ether oxygens (including phenoxy) is 2. The van der Waals surface area contributed by atoms with Crippen molar-refractivity contribution >= 4 is 0 Å². The van der Waals surface area contributed by atoms with E-state index < -0.39 is 0 Å². The zero-order chi connectivity index (χ0) is 15.7. The molecule has 0 aliphatic carbocycles. The molecule has 21 heavy (non-hydrogen) atoms. The third-order valence-corrected chi connectivity index (χ3v) is 3.98. The van der Waals surface area contributed by atoms with Crippen molar-refractivity contribution in [3.8, 4) is 5.75 Å². The maximum atomic E-state index is 6.15. The van der Waals surface area contributed by atoms with Gasteiger partial charge in [0.05, 0.1) is 19.8 Å². The summed E-state index contributed by atoms with van der Waals surface area (Å²) in [5, 5.41) is 0. The van der Waals surface area contributed by atoms with Gasteiger partial charge in [-0.1, -0.05) is 45.2 Å². The smallest absolute Gasteiger partial charge is 0.118 e. The molecule has 1 aromatic carbocycles. The largest absolute Gasteiger partial charge is 0.497 e. The number of benzene rings is 1. The summed E-state index contributed by atoms with van der Waals surface area (Å²) in [4.78, 5) is 0. The summed E-state index contributed by atoms with van der Waals surface area (Å²) in [5.74, 6) is 1.49. The molecule has 0 bridgehead atoms. The minimum atomic E-state index is -0.0495. The molecule has 2 N–H and O–H groups in total. The van der Waals surface area contributed by atoms with Crippen LogP contribution in [0.2, 0.25) is 0 Å². The lowest BCUT2D eigenvalue weighted by Gasteiger charge is -2.25. The Morgan fingerprint density at radius 2 is 1.81 bits per heavy atom. The van der Waals surface area contributed by atoms with Crippen molar-refractivity contribution in [1.82, 2.24) is 0 Å². The molecular formula is C18H31NO2. The number of nitrogens with two attached hydrogens (primary N) is 1. The number of unbranched alkanes of at least 4 members (excludes halogenated alkanes) is 1. The lowest BCUT2D eigenvalue weighted by Crippen LogP contribution is -2.28. The van der Waals surface area contributed by atoms with Crippen molar-refractivity contribution in [1.29, 1.82) is 0 Å². The van der Waals surface area contributed by atoms with Crippen LogP contribution in [0.5, 0.6) is 5.75 Å². The Hall–Kier alpha value is -1.06. The van der Waals surface area contributed by atoms with Crippen molar-refractivity contribution in [2.24, 2.45) is 11.7 Å². The van der Waals surface area contributed by atoms with Crippen LogP contribution in [0.1, 0.15) is 58.1 Å². The van der Waals surface area contributed by atoms with Crippen molar-refractivity contribution in [3.05, 3.63) is 29.8 Å². The zero-order valence-electron chi connectivity index (χ0n) is 14.0. The van der Waals surface area contributed by atoms with E-state index in [0.717, 1.165) is 24.3 Å². The average molecular weight is 293 g/mol. The van der Waals surface area contributed by atoms with Gasteiger partial charge in [-0.15, -0.1) is 0 Å². The average Bonchev–Trinajstić information content (AvgIpc) is 2.50. The molecule has 3 atom stereocenters. The van der Waals surface area contributed by atoms with Crippen LogP contribution in [0.25, 0.3) is 0 Å². The highest BCUT2D eigenvalue weighted by atomic mass is 16.5. The second kappa shape index (κ2) is 9.80. The van der Waals surface area contributed by atoms with Crippen LogP contribution in [0.4, 0.5) is 0 Å². The maximum Gasteiger partial charge on any atom is 0.118 e. The molecule has 0 heterocycles. The van der Waals surface area contributed by atoms with E-state index in [9.17, 15) is 0 Å². The SMILES string of the molecule is CCCCC(CC)COC(c1ccc(OC)cc1)C(C)N. The second-order valence-electron chi connectivity index (χ2n) is 5.80. The van der Waals surface area contributed by atoms with E-state index in [1.807, 2.05) is 31.2 Å². The van der Waals surface area contributed by atoms with E-state index in [2.05, 4.69) is 13.8 Å². The first-order chi connectivity index (χ1) is 10.1. The molecule has 1 aromatic rings. The minimum absolute atomic E-state index is 0.0259. The Labute approximate surface area is 129 Å². The van der Waals surface area contributed by atoms with E-state index in [-0.39, 0.29) is 12.1 Å². The topological polar surface area (TPSA) is 44.5 Å². The van der Waals surface area contributed by atoms with E-state index in [4.69, 9.17) is 15.2 Å². The van der Waals surface area contributed by atoms with Crippen LogP contribution < -0.4 is 10.5 Å². The summed E-state index contributed by atoms with van der Waals surface area (Å²) in [6.07, 6.45) is 4.86. The highest BCUT2D eigenvalue weighted by Crippen LogP contribution is 2.25. The molecule has 3 nitrogen and oxygen atoms in total. The van der Waals surface area contributed by atoms with Gasteiger partial charge in [0, 0.05) is 6.04 Å². The van der Waals surface area contributed by atoms with Gasteiger partial charge in [-0.05, 0) is 37.0 Å². The van der Waals surface area contributed by atoms with Gasteiger partial charge in [-0.25, -0.2) is 0 Å². The third-order valence-electron chi connectivity index (χ3n) is 3.98. The molecule has 0 fully saturated rings. The second-order valence-corrected chi connectivity index (χ2v) is 5.80. The molecule has 0 spiro atoms. The molecule has 3 unspecified atom stereocenters. The predicted octanol–water partition coefficient (Wildman–Crippen LogP) is 4.32. The molecule has 0 aliphatic heterocycles. The monoisotopic (exact) mass is 293 g/mol. The molecule has 1 rings (SSSR count). The summed E-state index contributed by atoms with van der Waals surface area (Å²) >= 11 is 0. The quantitative estimate of drug-likeness (QED) is 0.699. The van der Waals surface area contributed by atoms with Gasteiger partial charge < -0.3 is 15.2 Å². The minimum Gasteiger partial charge on any atom is -0.497 e. The van der Waals surface area contributed by atoms with Crippen molar-refractivity contribution in [2.45, 2.75) is 58.6 Å². The maximum absolute atomic E-state index is 6.15. The first kappa shape index (κ1) is 18.0. The van der Waals surface area contributed by atoms with Crippen LogP contribution in [-0.4, -0.2) is 19.8 Å². The Balaban J connectivity index is 2.64. The van der Waals surface area contributed by atoms with Crippen LogP contribution in [0.3, 0.4) is 0 Å². The zero-order valence-corrected chi connectivity index (χ0v) is 14.0. The first-order valence-electron chi connectivity index (χ1n) is 8.13. The highest BCUT2D eigenvalue weighted by Gasteiger charge is 2.18. The van der Waals surface area contributed by atoms with Crippen molar-refractivity contribution < 1.29 is 9.47 Å². The molecule has 120 valence electrons. The molecule has 0 aliphatic rings. The van der Waals surface area contributed by atoms with Gasteiger partial charge in [-0.3, -0.25) is 0 Å². The van der Waals surface area contributed by atoms with E-state index in [1.54, 1.807) is 7.11 Å². The molecule has 0 aromatic heterocycles. The fourth-order valence-electron chi connectivity index (χ4n) is 2.48. The molecule has 3 heteroatoms. The van der Waals surface area contributed by atoms with E-state index in [1.165, 1.54) is 19.3 Å². The Morgan fingerprint density at radius 1 is 1.14 bits per heavy atom. The van der Waals surface area contributed by atoms with Gasteiger partial charge in [0.1, 0.15) is 5.75 Å². The van der Waals surface area contributed by atoms with Crippen LogP contribution in [0, 0.1) is 5.92 Å². The predicted molar refractivity (Wildman–Crippen MR) is 88.6 cm³/mol. The molecule has 0 saturated heterocycles. The summed E-state index contributed by atoms with van der Waals surface area (Å²) in [5.41, 5.74) is 7.23. The van der Waals surface area contributed by atoms with Crippen LogP contribution >= 0.6 is 0 Å². The van der Waals surface area contributed by atoms with Gasteiger partial charge in [0.15, 0.2) is 0 Å². The number of rotatable bonds is 10. The summed E-state index contributed by atoms with van der Waals surface area (Å²) in [6, 6.07) is 7.98. The highest BCUT2D eigenvalue weighted by molar-refractivity contribution is 5.29. The Morgan fingerprint density at radius 3 is 2.29 bits per heavy atom. The Bertz CT molecular complexity index is 375. The normalized spacial score (nSPS) is 15.5. The molecule has 0 radical (unpaired) electrons. The van der Waals surface area contributed by atoms with Crippen molar-refractivity contribution in [2.75, 3.05) is 13.7 Å². The van der Waals surface area contributed by atoms with E-state index >= 15 is 0 Å². The summed E-state index contributed by atoms with van der Waals surface area (Å²) in [7, 11) is 1.67. The lowest BCUT2D eigenvalue weighted by atomic mass is 9.99. The fraction of sp³-hybridized carbons (Fsp3) is 0.667. The standard InChI is InChI=1S/C18H31NO2/c1-5-7-8-15(6-2)13-21-18(14(3)19)16-9-11-17(20-4)12-10-16/h9-12,14-15,18H,5-8,13,19H2,1-4H3. The first-order valence-corrected chi connectivity index (χ1v) is 8.13. The fourth-order valence-corrected chi connectivity index (χ4v) is 2.48. The number of hydrogen-bond acceptors (Lipinski definition) is 3. The van der Waals surface area contributed by atoms with E-state index in [0.29, 0.717) is 5.92 Å². The van der Waals surface area contributed by atoms with Gasteiger partial charge in [0.25, 0.3) is 0 Å². The third kappa shape index (κ3) is 6.06. The molecular weight excluding hydrogens is 262 g/mol. The summed E-state index contributed by atoms with van der Waals surface area (Å²) in [6.45, 7) is 7.25. The van der Waals surface area contributed by atoms with Gasteiger partial charge in [-0.2, -0.15) is 0 Å². The Kier molecular flexibility index (Phi) is 8.40. The number of hydrogen-bond donors (Lipinski definition) is 1. The lowest BCUT2D eigenvalue weighted by molar-refractivity contribution is 0.0127. The van der Waals surface area contributed by atoms with Crippen LogP contribution in [-0.2, 0) is 4.74 Å².